The monoisotopic (exact) mass is 364 g/mol. The number of pyridine rings is 1. The summed E-state index contributed by atoms with van der Waals surface area (Å²) in [6.45, 7) is 6.39. The molecule has 1 heterocycles. The quantitative estimate of drug-likeness (QED) is 0.657. The molecule has 1 atom stereocenters. The summed E-state index contributed by atoms with van der Waals surface area (Å²) in [6, 6.07) is 16.3. The van der Waals surface area contributed by atoms with E-state index >= 15 is 0 Å². The number of fused-ring (bicyclic) bond motifs is 1. The number of carbonyl (C=O) groups excluding carboxylic acids is 1. The average Bonchev–Trinajstić information content (AvgIpc) is 2.61. The van der Waals surface area contributed by atoms with Gasteiger partial charge in [-0.25, -0.2) is 4.39 Å². The Bertz CT molecular complexity index is 940. The van der Waals surface area contributed by atoms with Crippen molar-refractivity contribution in [2.75, 3.05) is 0 Å². The Hall–Kier alpha value is -2.75. The Morgan fingerprint density at radius 1 is 1.15 bits per heavy atom. The molecule has 3 nitrogen and oxygen atoms in total. The summed E-state index contributed by atoms with van der Waals surface area (Å²) in [5.41, 5.74) is 1.84. The van der Waals surface area contributed by atoms with Crippen LogP contribution in [0.5, 0.6) is 0 Å². The number of nitrogens with zero attached hydrogens (tertiary/aromatic N) is 1. The summed E-state index contributed by atoms with van der Waals surface area (Å²) in [5.74, 6) is -0.0518. The number of rotatable bonds is 6. The van der Waals surface area contributed by atoms with E-state index in [1.165, 1.54) is 23.9 Å². The molecule has 0 fully saturated rings. The van der Waals surface area contributed by atoms with Gasteiger partial charge in [0.25, 0.3) is 5.91 Å². The van der Waals surface area contributed by atoms with Crippen LogP contribution >= 0.6 is 0 Å². The molecule has 4 heteroatoms. The van der Waals surface area contributed by atoms with Crippen LogP contribution in [0.2, 0.25) is 0 Å². The standard InChI is InChI=1S/C23H25FN2O/c1-16(2)13-23(3,14-17-7-5-4-6-8-17)26-22(27)19-11-18-9-10-20(24)12-21(18)25-15-19/h4-12,15-16H,13-14H2,1-3H3,(H,26,27)/t23-/m0/s1. The lowest BCUT2D eigenvalue weighted by Crippen LogP contribution is -2.48. The lowest BCUT2D eigenvalue weighted by atomic mass is 9.84. The molecule has 1 aromatic heterocycles. The first-order valence-corrected chi connectivity index (χ1v) is 9.26. The Balaban J connectivity index is 1.84. The van der Waals surface area contributed by atoms with Crippen molar-refractivity contribution in [1.82, 2.24) is 10.3 Å². The van der Waals surface area contributed by atoms with Gasteiger partial charge in [-0.05, 0) is 49.4 Å². The number of hydrogen-bond acceptors (Lipinski definition) is 2. The van der Waals surface area contributed by atoms with Crippen molar-refractivity contribution in [3.8, 4) is 0 Å². The molecule has 0 bridgehead atoms. The molecule has 3 rings (SSSR count). The Kier molecular flexibility index (Phi) is 5.54. The minimum absolute atomic E-state index is 0.159. The highest BCUT2D eigenvalue weighted by atomic mass is 19.1. The molecule has 1 amide bonds. The van der Waals surface area contributed by atoms with Crippen molar-refractivity contribution < 1.29 is 9.18 Å². The van der Waals surface area contributed by atoms with Crippen LogP contribution < -0.4 is 5.32 Å². The molecule has 0 spiro atoms. The SMILES string of the molecule is CC(C)C[C@@](C)(Cc1ccccc1)NC(=O)c1cnc2cc(F)ccc2c1. The first-order valence-electron chi connectivity index (χ1n) is 9.26. The van der Waals surface area contributed by atoms with Gasteiger partial charge in [0, 0.05) is 23.2 Å². The zero-order valence-corrected chi connectivity index (χ0v) is 16.0. The molecule has 140 valence electrons. The van der Waals surface area contributed by atoms with Crippen molar-refractivity contribution in [3.05, 3.63) is 77.7 Å². The lowest BCUT2D eigenvalue weighted by Gasteiger charge is -2.33. The summed E-state index contributed by atoms with van der Waals surface area (Å²) in [6.07, 6.45) is 3.12. The molecular formula is C23H25FN2O. The van der Waals surface area contributed by atoms with Gasteiger partial charge in [-0.15, -0.1) is 0 Å². The number of nitrogens with one attached hydrogen (secondary N) is 1. The van der Waals surface area contributed by atoms with E-state index in [4.69, 9.17) is 0 Å². The largest absolute Gasteiger partial charge is 0.346 e. The van der Waals surface area contributed by atoms with E-state index in [0.29, 0.717) is 17.0 Å². The summed E-state index contributed by atoms with van der Waals surface area (Å²) < 4.78 is 13.3. The smallest absolute Gasteiger partial charge is 0.253 e. The van der Waals surface area contributed by atoms with E-state index in [1.807, 2.05) is 18.2 Å². The average molecular weight is 364 g/mol. The number of amides is 1. The lowest BCUT2D eigenvalue weighted by molar-refractivity contribution is 0.0894. The Morgan fingerprint density at radius 2 is 1.89 bits per heavy atom. The van der Waals surface area contributed by atoms with E-state index in [0.717, 1.165) is 18.2 Å². The van der Waals surface area contributed by atoms with Crippen LogP contribution in [0.3, 0.4) is 0 Å². The van der Waals surface area contributed by atoms with Crippen LogP contribution in [0, 0.1) is 11.7 Å². The second-order valence-corrected chi connectivity index (χ2v) is 7.84. The Morgan fingerprint density at radius 3 is 2.59 bits per heavy atom. The van der Waals surface area contributed by atoms with Crippen LogP contribution in [0.4, 0.5) is 4.39 Å². The van der Waals surface area contributed by atoms with Crippen molar-refractivity contribution in [2.45, 2.75) is 39.2 Å². The maximum atomic E-state index is 13.3. The van der Waals surface area contributed by atoms with E-state index in [9.17, 15) is 9.18 Å². The van der Waals surface area contributed by atoms with Crippen molar-refractivity contribution in [2.24, 2.45) is 5.92 Å². The highest BCUT2D eigenvalue weighted by Gasteiger charge is 2.28. The molecule has 27 heavy (non-hydrogen) atoms. The van der Waals surface area contributed by atoms with Crippen molar-refractivity contribution >= 4 is 16.8 Å². The van der Waals surface area contributed by atoms with Crippen molar-refractivity contribution in [3.63, 3.8) is 0 Å². The van der Waals surface area contributed by atoms with Gasteiger partial charge in [0.2, 0.25) is 0 Å². The first kappa shape index (κ1) is 19.0. The predicted octanol–water partition coefficient (Wildman–Crippen LogP) is 5.15. The van der Waals surface area contributed by atoms with Gasteiger partial charge in [0.15, 0.2) is 0 Å². The normalized spacial score (nSPS) is 13.5. The zero-order valence-electron chi connectivity index (χ0n) is 16.0. The molecule has 1 N–H and O–H groups in total. The zero-order chi connectivity index (χ0) is 19.4. The fourth-order valence-corrected chi connectivity index (χ4v) is 3.68. The van der Waals surface area contributed by atoms with Gasteiger partial charge in [0.1, 0.15) is 5.82 Å². The second kappa shape index (κ2) is 7.87. The maximum absolute atomic E-state index is 13.3. The number of benzene rings is 2. The molecule has 0 aliphatic carbocycles. The number of halogens is 1. The van der Waals surface area contributed by atoms with Crippen LogP contribution in [-0.2, 0) is 6.42 Å². The van der Waals surface area contributed by atoms with Crippen molar-refractivity contribution in [1.29, 1.82) is 0 Å². The van der Waals surface area contributed by atoms with E-state index < -0.39 is 0 Å². The molecule has 0 saturated heterocycles. The number of carbonyl (C=O) groups is 1. The highest BCUT2D eigenvalue weighted by Crippen LogP contribution is 2.23. The third-order valence-electron chi connectivity index (χ3n) is 4.62. The summed E-state index contributed by atoms with van der Waals surface area (Å²) in [5, 5.41) is 3.96. The fourth-order valence-electron chi connectivity index (χ4n) is 3.68. The minimum atomic E-state index is -0.371. The van der Waals surface area contributed by atoms with Crippen LogP contribution in [0.25, 0.3) is 10.9 Å². The molecule has 0 aliphatic rings. The van der Waals surface area contributed by atoms with E-state index in [-0.39, 0.29) is 17.3 Å². The molecule has 0 unspecified atom stereocenters. The topological polar surface area (TPSA) is 42.0 Å². The second-order valence-electron chi connectivity index (χ2n) is 7.84. The molecule has 0 aliphatic heterocycles. The van der Waals surface area contributed by atoms with Gasteiger partial charge in [-0.1, -0.05) is 44.2 Å². The van der Waals surface area contributed by atoms with Gasteiger partial charge in [0.05, 0.1) is 11.1 Å². The first-order chi connectivity index (χ1) is 12.8. The molecule has 0 radical (unpaired) electrons. The highest BCUT2D eigenvalue weighted by molar-refractivity contribution is 5.97. The predicted molar refractivity (Wildman–Crippen MR) is 107 cm³/mol. The fraction of sp³-hybridized carbons (Fsp3) is 0.304. The maximum Gasteiger partial charge on any atom is 0.253 e. The van der Waals surface area contributed by atoms with Crippen LogP contribution in [0.15, 0.2) is 60.8 Å². The minimum Gasteiger partial charge on any atom is -0.346 e. The van der Waals surface area contributed by atoms with Crippen LogP contribution in [-0.4, -0.2) is 16.4 Å². The molecular weight excluding hydrogens is 339 g/mol. The number of hydrogen-bond donors (Lipinski definition) is 1. The third-order valence-corrected chi connectivity index (χ3v) is 4.62. The summed E-state index contributed by atoms with van der Waals surface area (Å²) in [7, 11) is 0. The van der Waals surface area contributed by atoms with Gasteiger partial charge in [-0.2, -0.15) is 0 Å². The summed E-state index contributed by atoms with van der Waals surface area (Å²) >= 11 is 0. The van der Waals surface area contributed by atoms with E-state index in [1.54, 1.807) is 12.1 Å². The number of aromatic nitrogens is 1. The molecule has 0 saturated carbocycles. The van der Waals surface area contributed by atoms with E-state index in [2.05, 4.69) is 43.2 Å². The Labute approximate surface area is 159 Å². The summed E-state index contributed by atoms with van der Waals surface area (Å²) in [4.78, 5) is 17.2. The molecule has 3 aromatic rings. The van der Waals surface area contributed by atoms with Gasteiger partial charge in [-0.3, -0.25) is 9.78 Å². The molecule has 2 aromatic carbocycles. The van der Waals surface area contributed by atoms with Crippen LogP contribution in [0.1, 0.15) is 43.1 Å². The van der Waals surface area contributed by atoms with Gasteiger partial charge >= 0.3 is 0 Å². The third kappa shape index (κ3) is 4.91. The van der Waals surface area contributed by atoms with Gasteiger partial charge < -0.3 is 5.32 Å².